The van der Waals surface area contributed by atoms with E-state index in [1.54, 1.807) is 0 Å². The summed E-state index contributed by atoms with van der Waals surface area (Å²) in [6.45, 7) is 0.706. The van der Waals surface area contributed by atoms with Crippen LogP contribution in [-0.2, 0) is 9.59 Å². The molecule has 0 aromatic carbocycles. The highest BCUT2D eigenvalue weighted by Gasteiger charge is 2.37. The van der Waals surface area contributed by atoms with E-state index in [1.807, 2.05) is 0 Å². The van der Waals surface area contributed by atoms with E-state index in [0.29, 0.717) is 12.5 Å². The van der Waals surface area contributed by atoms with Gasteiger partial charge in [0.15, 0.2) is 0 Å². The summed E-state index contributed by atoms with van der Waals surface area (Å²) < 4.78 is 0. The topological polar surface area (TPSA) is 92.4 Å². The summed E-state index contributed by atoms with van der Waals surface area (Å²) in [6, 6.07) is 0. The lowest BCUT2D eigenvalue weighted by atomic mass is 9.77. The molecule has 0 aliphatic heterocycles. The van der Waals surface area contributed by atoms with Crippen molar-refractivity contribution in [3.8, 4) is 0 Å². The lowest BCUT2D eigenvalue weighted by molar-refractivity contribution is -0.140. The Morgan fingerprint density at radius 1 is 1.10 bits per heavy atom. The molecule has 0 atom stereocenters. The van der Waals surface area contributed by atoms with Gasteiger partial charge >= 0.3 is 5.97 Å². The Labute approximate surface area is 126 Å². The van der Waals surface area contributed by atoms with Crippen LogP contribution in [0.3, 0.4) is 0 Å². The van der Waals surface area contributed by atoms with Crippen LogP contribution < -0.4 is 11.1 Å². The van der Waals surface area contributed by atoms with Gasteiger partial charge in [-0.25, -0.2) is 0 Å². The largest absolute Gasteiger partial charge is 0.481 e. The minimum atomic E-state index is -0.816. The number of carboxylic acids is 1. The van der Waals surface area contributed by atoms with Crippen molar-refractivity contribution in [3.63, 3.8) is 0 Å². The van der Waals surface area contributed by atoms with Crippen molar-refractivity contribution in [1.29, 1.82) is 0 Å². The Hall–Kier alpha value is -1.10. The van der Waals surface area contributed by atoms with Crippen molar-refractivity contribution in [2.75, 3.05) is 6.54 Å². The Balaban J connectivity index is 1.93. The number of hydrogen-bond acceptors (Lipinski definition) is 3. The fourth-order valence-electron chi connectivity index (χ4n) is 3.89. The second kappa shape index (κ2) is 7.25. The number of nitrogens with two attached hydrogens (primary N) is 1. The molecule has 0 unspecified atom stereocenters. The standard InChI is InChI=1S/C16H28N2O3/c17-11-12-4-6-13(7-5-12)15(21)18-16(10-14(19)20)8-2-1-3-9-16/h12-13H,1-11,17H2,(H,18,21)(H,19,20). The summed E-state index contributed by atoms with van der Waals surface area (Å²) >= 11 is 0. The van der Waals surface area contributed by atoms with E-state index in [2.05, 4.69) is 5.32 Å². The molecular formula is C16H28N2O3. The molecule has 0 bridgehead atoms. The lowest BCUT2D eigenvalue weighted by Crippen LogP contribution is -2.53. The molecule has 0 spiro atoms. The predicted octanol–water partition coefficient (Wildman–Crippen LogP) is 2.05. The minimum Gasteiger partial charge on any atom is -0.481 e. The molecule has 0 saturated heterocycles. The van der Waals surface area contributed by atoms with E-state index in [-0.39, 0.29) is 18.2 Å². The average Bonchev–Trinajstić information content (AvgIpc) is 2.47. The molecule has 0 aromatic rings. The smallest absolute Gasteiger partial charge is 0.305 e. The maximum Gasteiger partial charge on any atom is 0.305 e. The van der Waals surface area contributed by atoms with E-state index in [9.17, 15) is 9.59 Å². The Kier molecular flexibility index (Phi) is 5.62. The normalized spacial score (nSPS) is 28.8. The van der Waals surface area contributed by atoms with E-state index in [4.69, 9.17) is 10.8 Å². The first-order chi connectivity index (χ1) is 10.0. The van der Waals surface area contributed by atoms with Gasteiger partial charge in [-0.1, -0.05) is 19.3 Å². The molecule has 120 valence electrons. The van der Waals surface area contributed by atoms with Crippen LogP contribution in [-0.4, -0.2) is 29.1 Å². The van der Waals surface area contributed by atoms with Crippen molar-refractivity contribution < 1.29 is 14.7 Å². The first-order valence-electron chi connectivity index (χ1n) is 8.28. The molecule has 2 fully saturated rings. The predicted molar refractivity (Wildman–Crippen MR) is 80.7 cm³/mol. The number of nitrogens with one attached hydrogen (secondary N) is 1. The minimum absolute atomic E-state index is 0.0420. The van der Waals surface area contributed by atoms with Crippen LogP contribution in [0.4, 0.5) is 0 Å². The number of carbonyl (C=O) groups is 2. The second-order valence-corrected chi connectivity index (χ2v) is 6.85. The van der Waals surface area contributed by atoms with Gasteiger partial charge in [0.2, 0.25) is 5.91 Å². The van der Waals surface area contributed by atoms with Crippen molar-refractivity contribution in [2.24, 2.45) is 17.6 Å². The molecule has 5 heteroatoms. The van der Waals surface area contributed by atoms with Crippen molar-refractivity contribution >= 4 is 11.9 Å². The summed E-state index contributed by atoms with van der Waals surface area (Å²) in [5.74, 6) is -0.158. The van der Waals surface area contributed by atoms with E-state index >= 15 is 0 Å². The fourth-order valence-corrected chi connectivity index (χ4v) is 3.89. The molecule has 4 N–H and O–H groups in total. The van der Waals surface area contributed by atoms with Gasteiger partial charge in [-0.05, 0) is 51.0 Å². The van der Waals surface area contributed by atoms with Crippen molar-refractivity contribution in [3.05, 3.63) is 0 Å². The Morgan fingerprint density at radius 3 is 2.24 bits per heavy atom. The van der Waals surface area contributed by atoms with Gasteiger partial charge in [0.1, 0.15) is 0 Å². The molecule has 0 heterocycles. The van der Waals surface area contributed by atoms with Crippen molar-refractivity contribution in [1.82, 2.24) is 5.32 Å². The molecule has 2 saturated carbocycles. The summed E-state index contributed by atoms with van der Waals surface area (Å²) in [7, 11) is 0. The van der Waals surface area contributed by atoms with Gasteiger partial charge in [0.25, 0.3) is 0 Å². The molecule has 0 radical (unpaired) electrons. The van der Waals surface area contributed by atoms with Crippen LogP contribution >= 0.6 is 0 Å². The molecule has 21 heavy (non-hydrogen) atoms. The first kappa shape index (κ1) is 16.3. The van der Waals surface area contributed by atoms with Gasteiger partial charge < -0.3 is 16.2 Å². The molecule has 2 aliphatic carbocycles. The number of rotatable bonds is 5. The second-order valence-electron chi connectivity index (χ2n) is 6.85. The molecule has 0 aromatic heterocycles. The Bertz CT molecular complexity index is 370. The lowest BCUT2D eigenvalue weighted by Gasteiger charge is -2.39. The molecule has 2 aliphatic rings. The zero-order chi connectivity index (χ0) is 15.3. The SMILES string of the molecule is NCC1CCC(C(=O)NC2(CC(=O)O)CCCCC2)CC1. The highest BCUT2D eigenvalue weighted by molar-refractivity contribution is 5.80. The maximum atomic E-state index is 12.5. The highest BCUT2D eigenvalue weighted by Crippen LogP contribution is 2.33. The first-order valence-corrected chi connectivity index (χ1v) is 8.28. The third-order valence-corrected chi connectivity index (χ3v) is 5.24. The van der Waals surface area contributed by atoms with Crippen LogP contribution in [0.5, 0.6) is 0 Å². The number of amides is 1. The third-order valence-electron chi connectivity index (χ3n) is 5.24. The van der Waals surface area contributed by atoms with Crippen LogP contribution in [0.2, 0.25) is 0 Å². The van der Waals surface area contributed by atoms with Gasteiger partial charge in [-0.2, -0.15) is 0 Å². The summed E-state index contributed by atoms with van der Waals surface area (Å²) in [6.07, 6.45) is 8.60. The average molecular weight is 296 g/mol. The summed E-state index contributed by atoms with van der Waals surface area (Å²) in [4.78, 5) is 23.7. The molecule has 1 amide bonds. The monoisotopic (exact) mass is 296 g/mol. The van der Waals surface area contributed by atoms with Gasteiger partial charge in [0, 0.05) is 5.92 Å². The van der Waals surface area contributed by atoms with Crippen LogP contribution in [0.25, 0.3) is 0 Å². The Morgan fingerprint density at radius 2 is 1.71 bits per heavy atom. The number of aliphatic carboxylic acids is 1. The van der Waals surface area contributed by atoms with Gasteiger partial charge in [-0.15, -0.1) is 0 Å². The van der Waals surface area contributed by atoms with Crippen molar-refractivity contribution in [2.45, 2.75) is 69.7 Å². The zero-order valence-corrected chi connectivity index (χ0v) is 12.8. The van der Waals surface area contributed by atoms with Gasteiger partial charge in [-0.3, -0.25) is 9.59 Å². The van der Waals surface area contributed by atoms with E-state index in [1.165, 1.54) is 0 Å². The summed E-state index contributed by atoms with van der Waals surface area (Å²) in [5.41, 5.74) is 5.18. The molecule has 2 rings (SSSR count). The maximum absolute atomic E-state index is 12.5. The third kappa shape index (κ3) is 4.43. The van der Waals surface area contributed by atoms with Crippen LogP contribution in [0.15, 0.2) is 0 Å². The number of carboxylic acid groups (broad SMARTS) is 1. The molecule has 5 nitrogen and oxygen atoms in total. The number of hydrogen-bond donors (Lipinski definition) is 3. The zero-order valence-electron chi connectivity index (χ0n) is 12.8. The van der Waals surface area contributed by atoms with E-state index in [0.717, 1.165) is 57.8 Å². The van der Waals surface area contributed by atoms with Crippen LogP contribution in [0.1, 0.15) is 64.2 Å². The van der Waals surface area contributed by atoms with Gasteiger partial charge in [0.05, 0.1) is 12.0 Å². The van der Waals surface area contributed by atoms with Crippen LogP contribution in [0, 0.1) is 11.8 Å². The fraction of sp³-hybridized carbons (Fsp3) is 0.875. The highest BCUT2D eigenvalue weighted by atomic mass is 16.4. The quantitative estimate of drug-likeness (QED) is 0.724. The molecular weight excluding hydrogens is 268 g/mol. The summed E-state index contributed by atoms with van der Waals surface area (Å²) in [5, 5.41) is 12.3. The number of carbonyl (C=O) groups excluding carboxylic acids is 1. The van der Waals surface area contributed by atoms with E-state index < -0.39 is 11.5 Å².